The van der Waals surface area contributed by atoms with Crippen molar-refractivity contribution in [3.63, 3.8) is 0 Å². The van der Waals surface area contributed by atoms with Crippen LogP contribution in [0.15, 0.2) is 84.9 Å². The highest BCUT2D eigenvalue weighted by Crippen LogP contribution is 2.31. The summed E-state index contributed by atoms with van der Waals surface area (Å²) in [6.45, 7) is 2.10. The van der Waals surface area contributed by atoms with Crippen molar-refractivity contribution in [3.05, 3.63) is 90.5 Å². The molecule has 1 nitrogen and oxygen atoms in total. The molecule has 1 heteroatoms. The molecule has 3 aromatic carbocycles. The lowest BCUT2D eigenvalue weighted by Crippen LogP contribution is -1.91. The third-order valence-corrected chi connectivity index (χ3v) is 4.13. The highest BCUT2D eigenvalue weighted by molar-refractivity contribution is 5.96. The zero-order valence-electron chi connectivity index (χ0n) is 13.0. The second-order valence-corrected chi connectivity index (χ2v) is 5.81. The summed E-state index contributed by atoms with van der Waals surface area (Å²) in [6.07, 6.45) is 0. The summed E-state index contributed by atoms with van der Waals surface area (Å²) in [4.78, 5) is 4.97. The Bertz CT molecular complexity index is 954. The maximum absolute atomic E-state index is 4.97. The lowest BCUT2D eigenvalue weighted by Gasteiger charge is -2.10. The van der Waals surface area contributed by atoms with Crippen LogP contribution in [0.2, 0.25) is 0 Å². The molecule has 0 bridgehead atoms. The molecule has 0 N–H and O–H groups in total. The van der Waals surface area contributed by atoms with E-state index in [0.29, 0.717) is 0 Å². The third kappa shape index (κ3) is 2.62. The minimum Gasteiger partial charge on any atom is -0.247 e. The fourth-order valence-corrected chi connectivity index (χ4v) is 2.89. The fourth-order valence-electron chi connectivity index (χ4n) is 2.89. The smallest absolute Gasteiger partial charge is 0.0787 e. The first kappa shape index (κ1) is 13.7. The summed E-state index contributed by atoms with van der Waals surface area (Å²) in [5.41, 5.74) is 5.62. The van der Waals surface area contributed by atoms with Crippen LogP contribution in [0.1, 0.15) is 5.56 Å². The molecular formula is C22H17N. The van der Waals surface area contributed by atoms with Crippen LogP contribution in [0, 0.1) is 6.92 Å². The van der Waals surface area contributed by atoms with Gasteiger partial charge in [-0.05, 0) is 18.4 Å². The van der Waals surface area contributed by atoms with Gasteiger partial charge >= 0.3 is 0 Å². The van der Waals surface area contributed by atoms with E-state index in [-0.39, 0.29) is 0 Å². The van der Waals surface area contributed by atoms with Crippen molar-refractivity contribution in [1.29, 1.82) is 0 Å². The van der Waals surface area contributed by atoms with E-state index in [9.17, 15) is 0 Å². The van der Waals surface area contributed by atoms with Crippen molar-refractivity contribution < 1.29 is 0 Å². The summed E-state index contributed by atoms with van der Waals surface area (Å²) in [5.74, 6) is 0. The largest absolute Gasteiger partial charge is 0.247 e. The molecule has 4 aromatic rings. The molecule has 0 aliphatic carbocycles. The molecule has 0 atom stereocenters. The Balaban J connectivity index is 1.99. The summed E-state index contributed by atoms with van der Waals surface area (Å²) in [7, 11) is 0. The highest BCUT2D eigenvalue weighted by Gasteiger charge is 2.09. The molecule has 0 fully saturated rings. The van der Waals surface area contributed by atoms with Crippen LogP contribution in [0.25, 0.3) is 33.3 Å². The number of hydrogen-bond acceptors (Lipinski definition) is 1. The van der Waals surface area contributed by atoms with Crippen molar-refractivity contribution >= 4 is 10.8 Å². The van der Waals surface area contributed by atoms with Gasteiger partial charge in [0.05, 0.1) is 11.4 Å². The SMILES string of the molecule is Cc1ccc(-c2cc3ccccc3c(-c3ccccc3)n2)cc1. The van der Waals surface area contributed by atoms with Crippen LogP contribution in [-0.4, -0.2) is 4.98 Å². The molecular weight excluding hydrogens is 278 g/mol. The van der Waals surface area contributed by atoms with Crippen LogP contribution < -0.4 is 0 Å². The van der Waals surface area contributed by atoms with Gasteiger partial charge in [-0.25, -0.2) is 4.98 Å². The number of nitrogens with zero attached hydrogens (tertiary/aromatic N) is 1. The van der Waals surface area contributed by atoms with E-state index in [1.165, 1.54) is 16.3 Å². The molecule has 0 aliphatic heterocycles. The van der Waals surface area contributed by atoms with Gasteiger partial charge in [0, 0.05) is 16.5 Å². The Kier molecular flexibility index (Phi) is 3.39. The molecule has 4 rings (SSSR count). The maximum Gasteiger partial charge on any atom is 0.0787 e. The number of aromatic nitrogens is 1. The van der Waals surface area contributed by atoms with E-state index in [4.69, 9.17) is 4.98 Å². The van der Waals surface area contributed by atoms with Gasteiger partial charge in [0.25, 0.3) is 0 Å². The van der Waals surface area contributed by atoms with Crippen molar-refractivity contribution in [2.24, 2.45) is 0 Å². The highest BCUT2D eigenvalue weighted by atomic mass is 14.7. The number of benzene rings is 3. The molecule has 0 radical (unpaired) electrons. The van der Waals surface area contributed by atoms with E-state index in [1.54, 1.807) is 0 Å². The van der Waals surface area contributed by atoms with Gasteiger partial charge in [-0.2, -0.15) is 0 Å². The normalized spacial score (nSPS) is 10.8. The van der Waals surface area contributed by atoms with Crippen LogP contribution in [0.3, 0.4) is 0 Å². The van der Waals surface area contributed by atoms with Gasteiger partial charge in [0.2, 0.25) is 0 Å². The van der Waals surface area contributed by atoms with Gasteiger partial charge in [-0.1, -0.05) is 84.4 Å². The Morgan fingerprint density at radius 2 is 1.35 bits per heavy atom. The zero-order valence-corrected chi connectivity index (χ0v) is 13.0. The number of hydrogen-bond donors (Lipinski definition) is 0. The molecule has 1 aromatic heterocycles. The number of rotatable bonds is 2. The second kappa shape index (κ2) is 5.69. The summed E-state index contributed by atoms with van der Waals surface area (Å²) >= 11 is 0. The van der Waals surface area contributed by atoms with E-state index in [2.05, 4.69) is 85.8 Å². The number of fused-ring (bicyclic) bond motifs is 1. The first-order valence-corrected chi connectivity index (χ1v) is 7.83. The Hall–Kier alpha value is -2.93. The van der Waals surface area contributed by atoms with Crippen LogP contribution >= 0.6 is 0 Å². The first-order chi connectivity index (χ1) is 11.3. The number of aryl methyl sites for hydroxylation is 1. The lowest BCUT2D eigenvalue weighted by atomic mass is 10.0. The number of pyridine rings is 1. The standard InChI is InChI=1S/C22H17N/c1-16-11-13-17(14-12-16)21-15-19-9-5-6-10-20(19)22(23-21)18-7-3-2-4-8-18/h2-15H,1H3. The predicted molar refractivity (Wildman–Crippen MR) is 97.4 cm³/mol. The monoisotopic (exact) mass is 295 g/mol. The molecule has 0 spiro atoms. The van der Waals surface area contributed by atoms with E-state index in [1.807, 2.05) is 6.07 Å². The van der Waals surface area contributed by atoms with Crippen molar-refractivity contribution in [3.8, 4) is 22.5 Å². The van der Waals surface area contributed by atoms with E-state index >= 15 is 0 Å². The van der Waals surface area contributed by atoms with E-state index in [0.717, 1.165) is 22.5 Å². The van der Waals surface area contributed by atoms with Crippen LogP contribution in [-0.2, 0) is 0 Å². The van der Waals surface area contributed by atoms with Crippen molar-refractivity contribution in [2.75, 3.05) is 0 Å². The summed E-state index contributed by atoms with van der Waals surface area (Å²) in [5, 5.41) is 2.41. The molecule has 1 heterocycles. The average Bonchev–Trinajstić information content (AvgIpc) is 2.62. The molecule has 0 saturated carbocycles. The third-order valence-electron chi connectivity index (χ3n) is 4.13. The molecule has 0 unspecified atom stereocenters. The molecule has 0 amide bonds. The Labute approximate surface area is 136 Å². The minimum atomic E-state index is 1.02. The minimum absolute atomic E-state index is 1.02. The summed E-state index contributed by atoms with van der Waals surface area (Å²) in [6, 6.07) is 29.6. The van der Waals surface area contributed by atoms with Crippen molar-refractivity contribution in [1.82, 2.24) is 4.98 Å². The van der Waals surface area contributed by atoms with Crippen molar-refractivity contribution in [2.45, 2.75) is 6.92 Å². The van der Waals surface area contributed by atoms with Gasteiger partial charge in [0.1, 0.15) is 0 Å². The maximum atomic E-state index is 4.97. The van der Waals surface area contributed by atoms with Gasteiger partial charge < -0.3 is 0 Å². The Morgan fingerprint density at radius 3 is 2.13 bits per heavy atom. The molecule has 110 valence electrons. The van der Waals surface area contributed by atoms with E-state index < -0.39 is 0 Å². The fraction of sp³-hybridized carbons (Fsp3) is 0.0455. The predicted octanol–water partition coefficient (Wildman–Crippen LogP) is 5.88. The molecule has 0 saturated heterocycles. The first-order valence-electron chi connectivity index (χ1n) is 7.83. The van der Waals surface area contributed by atoms with Gasteiger partial charge in [-0.15, -0.1) is 0 Å². The molecule has 0 aliphatic rings. The Morgan fingerprint density at radius 1 is 0.652 bits per heavy atom. The van der Waals surface area contributed by atoms with Gasteiger partial charge in [-0.3, -0.25) is 0 Å². The zero-order chi connectivity index (χ0) is 15.6. The second-order valence-electron chi connectivity index (χ2n) is 5.81. The average molecular weight is 295 g/mol. The topological polar surface area (TPSA) is 12.9 Å². The molecule has 23 heavy (non-hydrogen) atoms. The quantitative estimate of drug-likeness (QED) is 0.450. The van der Waals surface area contributed by atoms with Crippen LogP contribution in [0.5, 0.6) is 0 Å². The lowest BCUT2D eigenvalue weighted by molar-refractivity contribution is 1.34. The van der Waals surface area contributed by atoms with Gasteiger partial charge in [0.15, 0.2) is 0 Å². The summed E-state index contributed by atoms with van der Waals surface area (Å²) < 4.78 is 0. The van der Waals surface area contributed by atoms with Crippen LogP contribution in [0.4, 0.5) is 0 Å².